The summed E-state index contributed by atoms with van der Waals surface area (Å²) in [5.41, 5.74) is 0.715. The molecule has 0 radical (unpaired) electrons. The minimum Gasteiger partial charge on any atom is -0.493 e. The van der Waals surface area contributed by atoms with Gasteiger partial charge in [-0.3, -0.25) is 4.79 Å². The van der Waals surface area contributed by atoms with E-state index in [4.69, 9.17) is 14.0 Å². The van der Waals surface area contributed by atoms with Gasteiger partial charge in [-0.25, -0.2) is 4.98 Å². The van der Waals surface area contributed by atoms with Gasteiger partial charge in [-0.15, -0.1) is 0 Å². The van der Waals surface area contributed by atoms with Crippen LogP contribution in [0.5, 0.6) is 11.5 Å². The molecule has 0 saturated heterocycles. The van der Waals surface area contributed by atoms with Gasteiger partial charge in [0.1, 0.15) is 18.2 Å². The van der Waals surface area contributed by atoms with Crippen LogP contribution < -0.4 is 14.8 Å². The molecule has 0 atom stereocenters. The molecule has 3 rings (SSSR count). The predicted octanol–water partition coefficient (Wildman–Crippen LogP) is 3.98. The van der Waals surface area contributed by atoms with Crippen LogP contribution in [0.15, 0.2) is 51.6 Å². The average molecular weight is 418 g/mol. The van der Waals surface area contributed by atoms with Crippen molar-refractivity contribution in [3.63, 3.8) is 0 Å². The molecule has 7 nitrogen and oxygen atoms in total. The summed E-state index contributed by atoms with van der Waals surface area (Å²) in [7, 11) is 1.57. The molecule has 8 heteroatoms. The highest BCUT2D eigenvalue weighted by Gasteiger charge is 2.21. The maximum atomic E-state index is 12.5. The summed E-state index contributed by atoms with van der Waals surface area (Å²) in [6.45, 7) is 1.84. The van der Waals surface area contributed by atoms with Gasteiger partial charge in [0.25, 0.3) is 5.91 Å². The molecule has 1 N–H and O–H groups in total. The number of hydrogen-bond acceptors (Lipinski definition) is 6. The quantitative estimate of drug-likeness (QED) is 0.652. The molecule has 2 aromatic heterocycles. The Hall–Kier alpha value is -2.87. The Bertz CT molecular complexity index is 909. The number of nitrogens with zero attached hydrogens (tertiary/aromatic N) is 2. The summed E-state index contributed by atoms with van der Waals surface area (Å²) in [5, 5.41) is 6.54. The lowest BCUT2D eigenvalue weighted by Gasteiger charge is -2.10. The van der Waals surface area contributed by atoms with Crippen molar-refractivity contribution < 1.29 is 18.8 Å². The summed E-state index contributed by atoms with van der Waals surface area (Å²) < 4.78 is 17.0. The second kappa shape index (κ2) is 8.01. The number of amides is 1. The Labute approximate surface area is 158 Å². The van der Waals surface area contributed by atoms with Gasteiger partial charge in [-0.2, -0.15) is 0 Å². The van der Waals surface area contributed by atoms with E-state index in [1.54, 1.807) is 44.5 Å². The number of aromatic nitrogens is 2. The zero-order chi connectivity index (χ0) is 18.5. The van der Waals surface area contributed by atoms with Gasteiger partial charge in [0.15, 0.2) is 17.2 Å². The summed E-state index contributed by atoms with van der Waals surface area (Å²) >= 11 is 3.30. The molecule has 1 aromatic carbocycles. The molecule has 26 heavy (non-hydrogen) atoms. The van der Waals surface area contributed by atoms with Crippen molar-refractivity contribution in [3.05, 3.63) is 64.1 Å². The Morgan fingerprint density at radius 3 is 2.69 bits per heavy atom. The number of para-hydroxylation sites is 2. The molecule has 0 aliphatic carbocycles. The topological polar surface area (TPSA) is 86.5 Å². The Balaban J connectivity index is 1.76. The number of anilines is 1. The van der Waals surface area contributed by atoms with Gasteiger partial charge in [-0.05, 0) is 47.1 Å². The standard InChI is InChI=1S/C18H16BrN3O4/c1-11-13(10-25-15-6-4-3-5-14(15)24-2)17(22-26-11)18(23)21-16-8-7-12(19)9-20-16/h3-9H,10H2,1-2H3,(H,20,21,23). The van der Waals surface area contributed by atoms with Gasteiger partial charge < -0.3 is 19.3 Å². The largest absolute Gasteiger partial charge is 0.493 e. The Morgan fingerprint density at radius 1 is 1.23 bits per heavy atom. The molecule has 0 unspecified atom stereocenters. The van der Waals surface area contributed by atoms with E-state index in [0.717, 1.165) is 4.47 Å². The second-order valence-electron chi connectivity index (χ2n) is 5.32. The molecule has 3 aromatic rings. The molecule has 0 bridgehead atoms. The number of carbonyl (C=O) groups is 1. The fraction of sp³-hybridized carbons (Fsp3) is 0.167. The lowest BCUT2D eigenvalue weighted by atomic mass is 10.2. The lowest BCUT2D eigenvalue weighted by molar-refractivity contribution is 0.101. The van der Waals surface area contributed by atoms with Crippen LogP contribution in [-0.4, -0.2) is 23.2 Å². The molecular weight excluding hydrogens is 402 g/mol. The van der Waals surface area contributed by atoms with E-state index >= 15 is 0 Å². The number of ether oxygens (including phenoxy) is 2. The van der Waals surface area contributed by atoms with Crippen molar-refractivity contribution in [2.75, 3.05) is 12.4 Å². The first kappa shape index (κ1) is 17.9. The van der Waals surface area contributed by atoms with E-state index in [0.29, 0.717) is 28.6 Å². The first-order valence-corrected chi connectivity index (χ1v) is 8.51. The van der Waals surface area contributed by atoms with Crippen LogP contribution in [0, 0.1) is 6.92 Å². The highest BCUT2D eigenvalue weighted by atomic mass is 79.9. The van der Waals surface area contributed by atoms with Crippen molar-refractivity contribution in [3.8, 4) is 11.5 Å². The van der Waals surface area contributed by atoms with Crippen molar-refractivity contribution >= 4 is 27.7 Å². The van der Waals surface area contributed by atoms with Crippen LogP contribution in [-0.2, 0) is 6.61 Å². The minimum atomic E-state index is -0.421. The number of methoxy groups -OCH3 is 1. The third-order valence-electron chi connectivity index (χ3n) is 3.61. The van der Waals surface area contributed by atoms with Crippen LogP contribution in [0.25, 0.3) is 0 Å². The van der Waals surface area contributed by atoms with Crippen molar-refractivity contribution in [2.45, 2.75) is 13.5 Å². The summed E-state index contributed by atoms with van der Waals surface area (Å²) in [5.74, 6) is 1.67. The Kier molecular flexibility index (Phi) is 5.52. The fourth-order valence-corrected chi connectivity index (χ4v) is 2.49. The van der Waals surface area contributed by atoms with Gasteiger partial charge in [0.2, 0.25) is 0 Å². The van der Waals surface area contributed by atoms with Crippen LogP contribution in [0.2, 0.25) is 0 Å². The van der Waals surface area contributed by atoms with Gasteiger partial charge in [0.05, 0.1) is 12.7 Å². The number of hydrogen-bond donors (Lipinski definition) is 1. The summed E-state index contributed by atoms with van der Waals surface area (Å²) in [6.07, 6.45) is 1.59. The molecule has 134 valence electrons. The second-order valence-corrected chi connectivity index (χ2v) is 6.24. The van der Waals surface area contributed by atoms with Crippen molar-refractivity contribution in [2.24, 2.45) is 0 Å². The number of nitrogens with one attached hydrogen (secondary N) is 1. The molecule has 0 saturated carbocycles. The van der Waals surface area contributed by atoms with Crippen molar-refractivity contribution in [1.29, 1.82) is 0 Å². The van der Waals surface area contributed by atoms with E-state index in [1.165, 1.54) is 0 Å². The molecule has 0 fully saturated rings. The number of pyridine rings is 1. The smallest absolute Gasteiger partial charge is 0.279 e. The lowest BCUT2D eigenvalue weighted by Crippen LogP contribution is -2.16. The number of halogens is 1. The number of carbonyl (C=O) groups excluding carboxylic acids is 1. The average Bonchev–Trinajstić information content (AvgIpc) is 3.02. The van der Waals surface area contributed by atoms with Crippen LogP contribution in [0.4, 0.5) is 5.82 Å². The molecular formula is C18H16BrN3O4. The number of rotatable bonds is 6. The predicted molar refractivity (Wildman–Crippen MR) is 98.5 cm³/mol. The highest BCUT2D eigenvalue weighted by Crippen LogP contribution is 2.27. The van der Waals surface area contributed by atoms with E-state index in [9.17, 15) is 4.79 Å². The first-order valence-electron chi connectivity index (χ1n) is 7.72. The Morgan fingerprint density at radius 2 is 2.00 bits per heavy atom. The first-order chi connectivity index (χ1) is 12.6. The SMILES string of the molecule is COc1ccccc1OCc1c(C(=O)Nc2ccc(Br)cn2)noc1C. The van der Waals surface area contributed by atoms with Gasteiger partial charge in [-0.1, -0.05) is 17.3 Å². The normalized spacial score (nSPS) is 10.4. The number of aryl methyl sites for hydroxylation is 1. The summed E-state index contributed by atoms with van der Waals surface area (Å²) in [4.78, 5) is 16.6. The zero-order valence-corrected chi connectivity index (χ0v) is 15.7. The minimum absolute atomic E-state index is 0.117. The van der Waals surface area contributed by atoms with Crippen LogP contribution in [0.3, 0.4) is 0 Å². The molecule has 1 amide bonds. The molecule has 2 heterocycles. The maximum Gasteiger partial charge on any atom is 0.279 e. The van der Waals surface area contributed by atoms with E-state index in [-0.39, 0.29) is 12.3 Å². The summed E-state index contributed by atoms with van der Waals surface area (Å²) in [6, 6.07) is 10.7. The number of benzene rings is 1. The van der Waals surface area contributed by atoms with E-state index in [2.05, 4.69) is 31.4 Å². The van der Waals surface area contributed by atoms with Crippen molar-refractivity contribution in [1.82, 2.24) is 10.1 Å². The molecule has 0 aliphatic heterocycles. The van der Waals surface area contributed by atoms with E-state index < -0.39 is 5.91 Å². The van der Waals surface area contributed by atoms with Gasteiger partial charge >= 0.3 is 0 Å². The zero-order valence-electron chi connectivity index (χ0n) is 14.2. The monoisotopic (exact) mass is 417 g/mol. The van der Waals surface area contributed by atoms with E-state index in [1.807, 2.05) is 12.1 Å². The van der Waals surface area contributed by atoms with Gasteiger partial charge in [0, 0.05) is 10.7 Å². The third kappa shape index (κ3) is 4.02. The van der Waals surface area contributed by atoms with Crippen LogP contribution in [0.1, 0.15) is 21.8 Å². The van der Waals surface area contributed by atoms with Crippen LogP contribution >= 0.6 is 15.9 Å². The third-order valence-corrected chi connectivity index (χ3v) is 4.08. The highest BCUT2D eigenvalue weighted by molar-refractivity contribution is 9.10. The molecule has 0 aliphatic rings. The molecule has 0 spiro atoms. The maximum absolute atomic E-state index is 12.5. The fourth-order valence-electron chi connectivity index (χ4n) is 2.25.